The Hall–Kier alpha value is -3.85. The van der Waals surface area contributed by atoms with Gasteiger partial charge in [-0.3, -0.25) is 9.88 Å². The predicted molar refractivity (Wildman–Crippen MR) is 141 cm³/mol. The molecular formula is C26H28ClN7O2. The highest BCUT2D eigenvalue weighted by Gasteiger charge is 2.30. The quantitative estimate of drug-likeness (QED) is 0.257. The molecule has 0 radical (unpaired) electrons. The number of benzene rings is 1. The average molecular weight is 506 g/mol. The molecule has 1 fully saturated rings. The minimum Gasteiger partial charge on any atom is -0.465 e. The molecule has 10 heteroatoms. The number of hydrogen-bond donors (Lipinski definition) is 4. The molecular weight excluding hydrogens is 478 g/mol. The molecule has 0 saturated heterocycles. The van der Waals surface area contributed by atoms with Gasteiger partial charge in [-0.25, -0.2) is 14.8 Å². The van der Waals surface area contributed by atoms with Gasteiger partial charge in [0.15, 0.2) is 0 Å². The maximum absolute atomic E-state index is 12.1. The van der Waals surface area contributed by atoms with Gasteiger partial charge in [0.05, 0.1) is 41.0 Å². The van der Waals surface area contributed by atoms with Crippen LogP contribution in [0.4, 0.5) is 16.4 Å². The van der Waals surface area contributed by atoms with E-state index in [1.807, 2.05) is 49.6 Å². The van der Waals surface area contributed by atoms with E-state index in [-0.39, 0.29) is 18.6 Å². The van der Waals surface area contributed by atoms with Gasteiger partial charge in [-0.15, -0.1) is 0 Å². The number of carboxylic acid groups (broad SMARTS) is 1. The van der Waals surface area contributed by atoms with Gasteiger partial charge in [-0.2, -0.15) is 0 Å². The third-order valence-electron chi connectivity index (χ3n) is 6.70. The molecule has 2 atom stereocenters. The lowest BCUT2D eigenvalue weighted by molar-refractivity contribution is 0.104. The van der Waals surface area contributed by atoms with Crippen LogP contribution in [0.5, 0.6) is 0 Å². The van der Waals surface area contributed by atoms with Crippen molar-refractivity contribution in [2.75, 3.05) is 17.7 Å². The predicted octanol–water partition coefficient (Wildman–Crippen LogP) is 5.62. The molecule has 0 bridgehead atoms. The highest BCUT2D eigenvalue weighted by atomic mass is 35.5. The SMILES string of the molecule is CNc1ccc(CN(C(=O)O)[C@H]2CCC[C@@H](Nc3ncc(Cl)c(-c4c[nH]c5ccccc45)n3)C2)nc1. The molecule has 4 aromatic rings. The number of aromatic amines is 1. The van der Waals surface area contributed by atoms with E-state index in [1.165, 1.54) is 4.90 Å². The summed E-state index contributed by atoms with van der Waals surface area (Å²) in [6, 6.07) is 11.7. The van der Waals surface area contributed by atoms with Gasteiger partial charge in [-0.05, 0) is 43.9 Å². The minimum atomic E-state index is -0.940. The summed E-state index contributed by atoms with van der Waals surface area (Å²) < 4.78 is 0. The summed E-state index contributed by atoms with van der Waals surface area (Å²) in [7, 11) is 1.82. The Morgan fingerprint density at radius 2 is 2.06 bits per heavy atom. The summed E-state index contributed by atoms with van der Waals surface area (Å²) in [6.07, 6.45) is 7.57. The molecule has 1 aromatic carbocycles. The lowest BCUT2D eigenvalue weighted by Gasteiger charge is -2.36. The largest absolute Gasteiger partial charge is 0.465 e. The summed E-state index contributed by atoms with van der Waals surface area (Å²) in [4.78, 5) is 30.4. The van der Waals surface area contributed by atoms with Crippen molar-refractivity contribution in [3.63, 3.8) is 0 Å². The first-order valence-electron chi connectivity index (χ1n) is 12.0. The van der Waals surface area contributed by atoms with E-state index >= 15 is 0 Å². The van der Waals surface area contributed by atoms with Crippen molar-refractivity contribution in [2.45, 2.75) is 44.3 Å². The zero-order valence-corrected chi connectivity index (χ0v) is 20.7. The van der Waals surface area contributed by atoms with Gasteiger partial charge in [-0.1, -0.05) is 29.8 Å². The first-order valence-corrected chi connectivity index (χ1v) is 12.4. The molecule has 0 aliphatic heterocycles. The molecule has 1 aliphatic rings. The summed E-state index contributed by atoms with van der Waals surface area (Å²) in [6.45, 7) is 0.249. The van der Waals surface area contributed by atoms with E-state index in [1.54, 1.807) is 12.4 Å². The molecule has 3 aromatic heterocycles. The standard InChI is InChI=1S/C26H28ClN7O2/c1-28-17-9-10-18(29-12-17)15-34(26(35)36)19-6-4-5-16(11-19)32-25-31-14-22(27)24(33-25)21-13-30-23-8-3-2-7-20(21)23/h2-3,7-10,12-14,16,19,28,30H,4-6,11,15H2,1H3,(H,35,36)(H,31,32,33)/t16-,19+/m1/s1. The van der Waals surface area contributed by atoms with Crippen LogP contribution in [0.2, 0.25) is 5.02 Å². The zero-order chi connectivity index (χ0) is 25.1. The van der Waals surface area contributed by atoms with Crippen LogP contribution in [0, 0.1) is 0 Å². The van der Waals surface area contributed by atoms with E-state index in [2.05, 4.69) is 25.6 Å². The third-order valence-corrected chi connectivity index (χ3v) is 6.98. The molecule has 1 amide bonds. The number of pyridine rings is 1. The van der Waals surface area contributed by atoms with Gasteiger partial charge < -0.3 is 20.7 Å². The summed E-state index contributed by atoms with van der Waals surface area (Å²) >= 11 is 6.48. The first-order chi connectivity index (χ1) is 17.5. The minimum absolute atomic E-state index is 0.0437. The number of fused-ring (bicyclic) bond motifs is 1. The van der Waals surface area contributed by atoms with E-state index in [4.69, 9.17) is 16.6 Å². The lowest BCUT2D eigenvalue weighted by atomic mass is 9.90. The normalized spacial score (nSPS) is 17.6. The van der Waals surface area contributed by atoms with Crippen LogP contribution in [0.25, 0.3) is 22.2 Å². The number of nitrogens with zero attached hydrogens (tertiary/aromatic N) is 4. The Kier molecular flexibility index (Phi) is 6.90. The highest BCUT2D eigenvalue weighted by Crippen LogP contribution is 2.33. The van der Waals surface area contributed by atoms with E-state index in [0.717, 1.165) is 47.1 Å². The Balaban J connectivity index is 1.31. The zero-order valence-electron chi connectivity index (χ0n) is 19.9. The number of carbonyl (C=O) groups is 1. The van der Waals surface area contributed by atoms with Crippen molar-refractivity contribution >= 4 is 40.2 Å². The van der Waals surface area contributed by atoms with Crippen LogP contribution in [0.1, 0.15) is 31.4 Å². The van der Waals surface area contributed by atoms with Crippen LogP contribution in [-0.2, 0) is 6.54 Å². The van der Waals surface area contributed by atoms with Crippen LogP contribution in [0.15, 0.2) is 55.0 Å². The second-order valence-electron chi connectivity index (χ2n) is 9.00. The Morgan fingerprint density at radius 1 is 1.19 bits per heavy atom. The van der Waals surface area contributed by atoms with Crippen molar-refractivity contribution in [3.05, 3.63) is 65.7 Å². The summed E-state index contributed by atoms with van der Waals surface area (Å²) in [5.41, 5.74) is 4.18. The smallest absolute Gasteiger partial charge is 0.407 e. The number of hydrogen-bond acceptors (Lipinski definition) is 6. The Labute approximate surface area is 213 Å². The van der Waals surface area contributed by atoms with E-state index in [9.17, 15) is 9.90 Å². The van der Waals surface area contributed by atoms with Gasteiger partial charge in [0.1, 0.15) is 0 Å². The second kappa shape index (κ2) is 10.4. The van der Waals surface area contributed by atoms with Crippen molar-refractivity contribution < 1.29 is 9.90 Å². The summed E-state index contributed by atoms with van der Waals surface area (Å²) in [5.74, 6) is 0.483. The number of halogens is 1. The number of amides is 1. The monoisotopic (exact) mass is 505 g/mol. The lowest BCUT2D eigenvalue weighted by Crippen LogP contribution is -2.44. The molecule has 5 rings (SSSR count). The highest BCUT2D eigenvalue weighted by molar-refractivity contribution is 6.33. The number of nitrogens with one attached hydrogen (secondary N) is 3. The molecule has 0 unspecified atom stereocenters. The van der Waals surface area contributed by atoms with Crippen molar-refractivity contribution in [3.8, 4) is 11.3 Å². The van der Waals surface area contributed by atoms with E-state index in [0.29, 0.717) is 23.1 Å². The Bertz CT molecular complexity index is 1360. The first kappa shape index (κ1) is 23.9. The summed E-state index contributed by atoms with van der Waals surface area (Å²) in [5, 5.41) is 17.9. The van der Waals surface area contributed by atoms with Crippen molar-refractivity contribution in [1.29, 1.82) is 0 Å². The number of H-pyrrole nitrogens is 1. The molecule has 36 heavy (non-hydrogen) atoms. The van der Waals surface area contributed by atoms with Crippen LogP contribution in [0.3, 0.4) is 0 Å². The number of para-hydroxylation sites is 1. The molecule has 1 aliphatic carbocycles. The number of aromatic nitrogens is 4. The van der Waals surface area contributed by atoms with Gasteiger partial charge in [0.25, 0.3) is 0 Å². The number of rotatable bonds is 7. The van der Waals surface area contributed by atoms with E-state index < -0.39 is 6.09 Å². The van der Waals surface area contributed by atoms with Gasteiger partial charge in [0.2, 0.25) is 5.95 Å². The fourth-order valence-corrected chi connectivity index (χ4v) is 5.04. The molecule has 4 N–H and O–H groups in total. The Morgan fingerprint density at radius 3 is 2.83 bits per heavy atom. The molecule has 186 valence electrons. The topological polar surface area (TPSA) is 119 Å². The fourth-order valence-electron chi connectivity index (χ4n) is 4.85. The van der Waals surface area contributed by atoms with Gasteiger partial charge >= 0.3 is 6.09 Å². The molecule has 1 saturated carbocycles. The third kappa shape index (κ3) is 5.06. The van der Waals surface area contributed by atoms with Crippen LogP contribution in [-0.4, -0.2) is 55.2 Å². The van der Waals surface area contributed by atoms with Crippen LogP contribution < -0.4 is 10.6 Å². The molecule has 9 nitrogen and oxygen atoms in total. The maximum Gasteiger partial charge on any atom is 0.407 e. The molecule has 0 spiro atoms. The molecule has 3 heterocycles. The average Bonchev–Trinajstić information content (AvgIpc) is 3.33. The van der Waals surface area contributed by atoms with Crippen molar-refractivity contribution in [2.24, 2.45) is 0 Å². The maximum atomic E-state index is 12.1. The van der Waals surface area contributed by atoms with Crippen molar-refractivity contribution in [1.82, 2.24) is 24.8 Å². The number of anilines is 2. The van der Waals surface area contributed by atoms with Crippen LogP contribution >= 0.6 is 11.6 Å². The second-order valence-corrected chi connectivity index (χ2v) is 9.41. The fraction of sp³-hybridized carbons (Fsp3) is 0.308. The van der Waals surface area contributed by atoms with Gasteiger partial charge in [0, 0.05) is 41.8 Å².